The van der Waals surface area contributed by atoms with Crippen LogP contribution in [-0.4, -0.2) is 49.4 Å². The summed E-state index contributed by atoms with van der Waals surface area (Å²) in [6, 6.07) is 9.83. The van der Waals surface area contributed by atoms with Crippen molar-refractivity contribution in [2.24, 2.45) is 5.41 Å². The Hall–Kier alpha value is -3.16. The van der Waals surface area contributed by atoms with Crippen molar-refractivity contribution in [2.75, 3.05) is 18.4 Å². The molecular formula is C22H28N6O2. The lowest BCUT2D eigenvalue weighted by Gasteiger charge is -2.33. The van der Waals surface area contributed by atoms with Gasteiger partial charge in [-0.15, -0.1) is 0 Å². The van der Waals surface area contributed by atoms with E-state index in [-0.39, 0.29) is 24.4 Å². The third-order valence-corrected chi connectivity index (χ3v) is 5.51. The summed E-state index contributed by atoms with van der Waals surface area (Å²) >= 11 is 0. The van der Waals surface area contributed by atoms with E-state index in [1.165, 1.54) is 0 Å². The van der Waals surface area contributed by atoms with Crippen LogP contribution in [-0.2, 0) is 16.1 Å². The zero-order chi connectivity index (χ0) is 21.3. The van der Waals surface area contributed by atoms with Crippen LogP contribution >= 0.6 is 0 Å². The van der Waals surface area contributed by atoms with Gasteiger partial charge in [0.05, 0.1) is 17.8 Å². The highest BCUT2D eigenvalue weighted by molar-refractivity contribution is 5.93. The molecule has 2 aromatic heterocycles. The second-order valence-electron chi connectivity index (χ2n) is 8.86. The zero-order valence-corrected chi connectivity index (χ0v) is 17.7. The minimum atomic E-state index is -0.470. The van der Waals surface area contributed by atoms with Crippen LogP contribution in [0, 0.1) is 5.41 Å². The lowest BCUT2D eigenvalue weighted by molar-refractivity contribution is -0.133. The highest BCUT2D eigenvalue weighted by Gasteiger charge is 2.27. The number of likely N-dealkylation sites (tertiary alicyclic amines) is 1. The minimum Gasteiger partial charge on any atom is -0.341 e. The van der Waals surface area contributed by atoms with Crippen LogP contribution < -0.4 is 5.32 Å². The maximum atomic E-state index is 12.7. The molecule has 2 amide bonds. The van der Waals surface area contributed by atoms with Crippen LogP contribution in [0.3, 0.4) is 0 Å². The van der Waals surface area contributed by atoms with Gasteiger partial charge < -0.3 is 10.2 Å². The molecule has 0 atom stereocenters. The molecule has 1 aliphatic rings. The van der Waals surface area contributed by atoms with Crippen molar-refractivity contribution in [1.29, 1.82) is 0 Å². The number of nitrogens with one attached hydrogen (secondary N) is 1. The lowest BCUT2D eigenvalue weighted by Crippen LogP contribution is -2.41. The normalized spacial score (nSPS) is 15.5. The van der Waals surface area contributed by atoms with Crippen molar-refractivity contribution < 1.29 is 9.59 Å². The van der Waals surface area contributed by atoms with Gasteiger partial charge in [-0.3, -0.25) is 14.3 Å². The van der Waals surface area contributed by atoms with Gasteiger partial charge in [-0.05, 0) is 18.9 Å². The smallest absolute Gasteiger partial charge is 0.244 e. The Labute approximate surface area is 175 Å². The molecule has 0 unspecified atom stereocenters. The lowest BCUT2D eigenvalue weighted by atomic mass is 9.96. The summed E-state index contributed by atoms with van der Waals surface area (Å²) in [6.45, 7) is 7.23. The second-order valence-corrected chi connectivity index (χ2v) is 8.86. The van der Waals surface area contributed by atoms with Crippen molar-refractivity contribution >= 4 is 28.5 Å². The SMILES string of the molecule is CC(C)(C)C(=O)Nc1ccnn1C1CCN(C(=O)Cn2cc3ccccc3n2)CC1. The topological polar surface area (TPSA) is 85.0 Å². The summed E-state index contributed by atoms with van der Waals surface area (Å²) in [6.07, 6.45) is 5.21. The first-order valence-electron chi connectivity index (χ1n) is 10.4. The molecule has 1 N–H and O–H groups in total. The standard InChI is InChI=1S/C22H28N6O2/c1-22(2,3)21(30)24-19-8-11-23-28(19)17-9-12-26(13-10-17)20(29)15-27-14-16-6-4-5-7-18(16)25-27/h4-8,11,14,17H,9-10,12-13,15H2,1-3H3,(H,24,30). The monoisotopic (exact) mass is 408 g/mol. The molecule has 0 aliphatic carbocycles. The van der Waals surface area contributed by atoms with Crippen LogP contribution in [0.15, 0.2) is 42.7 Å². The quantitative estimate of drug-likeness (QED) is 0.719. The number of carbonyl (C=O) groups is 2. The number of benzene rings is 1. The Kier molecular flexibility index (Phi) is 5.32. The van der Waals surface area contributed by atoms with Crippen LogP contribution in [0.2, 0.25) is 0 Å². The van der Waals surface area contributed by atoms with E-state index >= 15 is 0 Å². The molecule has 1 fully saturated rings. The summed E-state index contributed by atoms with van der Waals surface area (Å²) in [5, 5.41) is 12.9. The van der Waals surface area contributed by atoms with Gasteiger partial charge in [-0.1, -0.05) is 39.0 Å². The summed E-state index contributed by atoms with van der Waals surface area (Å²) < 4.78 is 3.60. The fourth-order valence-electron chi connectivity index (χ4n) is 3.70. The molecule has 3 aromatic rings. The molecule has 0 saturated carbocycles. The Morgan fingerprint density at radius 2 is 1.87 bits per heavy atom. The minimum absolute atomic E-state index is 0.0385. The molecule has 158 valence electrons. The maximum absolute atomic E-state index is 12.7. The first kappa shape index (κ1) is 20.1. The zero-order valence-electron chi connectivity index (χ0n) is 17.7. The number of amides is 2. The molecule has 4 rings (SSSR count). The van der Waals surface area contributed by atoms with Gasteiger partial charge in [0.1, 0.15) is 12.4 Å². The highest BCUT2D eigenvalue weighted by Crippen LogP contribution is 2.27. The molecule has 1 saturated heterocycles. The number of rotatable bonds is 4. The average molecular weight is 409 g/mol. The predicted octanol–water partition coefficient (Wildman–Crippen LogP) is 3.08. The van der Waals surface area contributed by atoms with Crippen molar-refractivity contribution in [3.63, 3.8) is 0 Å². The van der Waals surface area contributed by atoms with E-state index in [4.69, 9.17) is 0 Å². The highest BCUT2D eigenvalue weighted by atomic mass is 16.2. The van der Waals surface area contributed by atoms with Gasteiger partial charge in [0.15, 0.2) is 0 Å². The molecule has 30 heavy (non-hydrogen) atoms. The largest absolute Gasteiger partial charge is 0.341 e. The van der Waals surface area contributed by atoms with E-state index < -0.39 is 5.41 Å². The molecule has 1 aromatic carbocycles. The van der Waals surface area contributed by atoms with E-state index in [1.807, 2.05) is 66.9 Å². The van der Waals surface area contributed by atoms with Crippen molar-refractivity contribution in [2.45, 2.75) is 46.2 Å². The first-order chi connectivity index (χ1) is 14.3. The van der Waals surface area contributed by atoms with E-state index in [0.29, 0.717) is 18.9 Å². The number of hydrogen-bond acceptors (Lipinski definition) is 4. The summed E-state index contributed by atoms with van der Waals surface area (Å²) in [5.41, 5.74) is 0.426. The Balaban J connectivity index is 1.35. The van der Waals surface area contributed by atoms with Gasteiger partial charge in [0.2, 0.25) is 11.8 Å². The van der Waals surface area contributed by atoms with E-state index in [0.717, 1.165) is 23.7 Å². The van der Waals surface area contributed by atoms with E-state index in [9.17, 15) is 9.59 Å². The van der Waals surface area contributed by atoms with Crippen LogP contribution in [0.4, 0.5) is 5.82 Å². The summed E-state index contributed by atoms with van der Waals surface area (Å²) in [7, 11) is 0. The summed E-state index contributed by atoms with van der Waals surface area (Å²) in [5.74, 6) is 0.745. The summed E-state index contributed by atoms with van der Waals surface area (Å²) in [4.78, 5) is 27.0. The maximum Gasteiger partial charge on any atom is 0.244 e. The van der Waals surface area contributed by atoms with Crippen molar-refractivity contribution in [3.8, 4) is 0 Å². The Morgan fingerprint density at radius 1 is 1.13 bits per heavy atom. The van der Waals surface area contributed by atoms with Crippen molar-refractivity contribution in [3.05, 3.63) is 42.7 Å². The van der Waals surface area contributed by atoms with Crippen molar-refractivity contribution in [1.82, 2.24) is 24.5 Å². The number of nitrogens with zero attached hydrogens (tertiary/aromatic N) is 5. The van der Waals surface area contributed by atoms with Crippen LogP contribution in [0.5, 0.6) is 0 Å². The average Bonchev–Trinajstić information content (AvgIpc) is 3.33. The number of anilines is 1. The third-order valence-electron chi connectivity index (χ3n) is 5.51. The Morgan fingerprint density at radius 3 is 2.57 bits per heavy atom. The van der Waals surface area contributed by atoms with Gasteiger partial charge in [-0.25, -0.2) is 4.68 Å². The molecule has 0 bridgehead atoms. The fourth-order valence-corrected chi connectivity index (χ4v) is 3.70. The predicted molar refractivity (Wildman–Crippen MR) is 115 cm³/mol. The Bertz CT molecular complexity index is 1020. The van der Waals surface area contributed by atoms with Gasteiger partial charge in [0, 0.05) is 36.2 Å². The molecule has 1 aliphatic heterocycles. The fraction of sp³-hybridized carbons (Fsp3) is 0.455. The van der Waals surface area contributed by atoms with E-state index in [2.05, 4.69) is 15.5 Å². The van der Waals surface area contributed by atoms with Crippen LogP contribution in [0.1, 0.15) is 39.7 Å². The van der Waals surface area contributed by atoms with Gasteiger partial charge in [0.25, 0.3) is 0 Å². The van der Waals surface area contributed by atoms with E-state index in [1.54, 1.807) is 10.9 Å². The molecular weight excluding hydrogens is 380 g/mol. The molecule has 0 spiro atoms. The molecule has 3 heterocycles. The number of aromatic nitrogens is 4. The number of piperidine rings is 1. The molecule has 8 nitrogen and oxygen atoms in total. The number of fused-ring (bicyclic) bond motifs is 1. The number of carbonyl (C=O) groups excluding carboxylic acids is 2. The van der Waals surface area contributed by atoms with Gasteiger partial charge in [-0.2, -0.15) is 10.2 Å². The van der Waals surface area contributed by atoms with Gasteiger partial charge >= 0.3 is 0 Å². The molecule has 0 radical (unpaired) electrons. The molecule has 8 heteroatoms. The third kappa shape index (κ3) is 4.22. The van der Waals surface area contributed by atoms with Crippen LogP contribution in [0.25, 0.3) is 10.9 Å². The number of hydrogen-bond donors (Lipinski definition) is 1. The first-order valence-corrected chi connectivity index (χ1v) is 10.4. The second kappa shape index (κ2) is 7.93.